The van der Waals surface area contributed by atoms with Crippen LogP contribution in [0.15, 0.2) is 61.2 Å². The van der Waals surface area contributed by atoms with E-state index in [4.69, 9.17) is 4.74 Å². The molecule has 0 radical (unpaired) electrons. The zero-order valence-electron chi connectivity index (χ0n) is 19.0. The molecule has 3 N–H and O–H groups in total. The van der Waals surface area contributed by atoms with Crippen LogP contribution in [0.25, 0.3) is 11.1 Å². The minimum absolute atomic E-state index is 0.0130. The molecule has 0 saturated heterocycles. The highest BCUT2D eigenvalue weighted by molar-refractivity contribution is 5.84. The second-order valence-electron chi connectivity index (χ2n) is 8.99. The molecule has 0 aliphatic heterocycles. The number of ether oxygens (including phenoxy) is 1. The van der Waals surface area contributed by atoms with E-state index in [0.717, 1.165) is 24.0 Å². The summed E-state index contributed by atoms with van der Waals surface area (Å²) in [5, 5.41) is 14.6. The number of benzene rings is 2. The van der Waals surface area contributed by atoms with Crippen LogP contribution in [0.2, 0.25) is 0 Å². The number of amides is 2. The van der Waals surface area contributed by atoms with Gasteiger partial charge in [0.05, 0.1) is 0 Å². The molecule has 1 saturated carbocycles. The number of rotatable bonds is 11. The first-order chi connectivity index (χ1) is 16.5. The molecule has 0 heterocycles. The topological polar surface area (TPSA) is 105 Å². The van der Waals surface area contributed by atoms with Gasteiger partial charge in [0.25, 0.3) is 0 Å². The summed E-state index contributed by atoms with van der Waals surface area (Å²) < 4.78 is 5.58. The lowest BCUT2D eigenvalue weighted by molar-refractivity contribution is -0.141. The number of alkyl carbamates (subject to hydrolysis) is 1. The van der Waals surface area contributed by atoms with Crippen LogP contribution in [-0.4, -0.2) is 42.3 Å². The number of hydrogen-bond acceptors (Lipinski definition) is 4. The normalized spacial score (nSPS) is 16.0. The minimum Gasteiger partial charge on any atom is -0.480 e. The molecule has 1 fully saturated rings. The molecule has 178 valence electrons. The van der Waals surface area contributed by atoms with Gasteiger partial charge in [-0.1, -0.05) is 54.6 Å². The fraction of sp³-hybridized carbons (Fsp3) is 0.370. The van der Waals surface area contributed by atoms with Crippen LogP contribution >= 0.6 is 0 Å². The van der Waals surface area contributed by atoms with Crippen molar-refractivity contribution in [2.45, 2.75) is 37.6 Å². The van der Waals surface area contributed by atoms with Gasteiger partial charge in [0.15, 0.2) is 0 Å². The Morgan fingerprint density at radius 2 is 1.68 bits per heavy atom. The molecule has 2 aliphatic rings. The van der Waals surface area contributed by atoms with Gasteiger partial charge in [-0.15, -0.1) is 6.58 Å². The van der Waals surface area contributed by atoms with Gasteiger partial charge in [-0.3, -0.25) is 4.79 Å². The molecule has 2 aromatic carbocycles. The smallest absolute Gasteiger partial charge is 0.407 e. The first-order valence-corrected chi connectivity index (χ1v) is 11.7. The molecule has 2 amide bonds. The SMILES string of the molecule is C=CCC(NC(=O)CC(CNC(=O)OCC1c2ccccc2-c2ccccc21)C1CC1)C(=O)O. The number of carboxylic acid groups (broad SMARTS) is 1. The monoisotopic (exact) mass is 462 g/mol. The van der Waals surface area contributed by atoms with E-state index in [1.54, 1.807) is 0 Å². The third-order valence-electron chi connectivity index (χ3n) is 6.62. The molecule has 4 rings (SSSR count). The van der Waals surface area contributed by atoms with Gasteiger partial charge in [0, 0.05) is 18.9 Å². The van der Waals surface area contributed by atoms with Crippen molar-refractivity contribution in [2.24, 2.45) is 11.8 Å². The quantitative estimate of drug-likeness (QED) is 0.437. The first kappa shape index (κ1) is 23.5. The lowest BCUT2D eigenvalue weighted by Crippen LogP contribution is -2.42. The largest absolute Gasteiger partial charge is 0.480 e. The molecule has 7 heteroatoms. The number of carbonyl (C=O) groups excluding carboxylic acids is 2. The van der Waals surface area contributed by atoms with E-state index >= 15 is 0 Å². The average Bonchev–Trinajstić information content (AvgIpc) is 3.63. The van der Waals surface area contributed by atoms with Crippen molar-refractivity contribution in [3.8, 4) is 11.1 Å². The van der Waals surface area contributed by atoms with Crippen LogP contribution in [0, 0.1) is 11.8 Å². The summed E-state index contributed by atoms with van der Waals surface area (Å²) in [6.07, 6.45) is 3.28. The minimum atomic E-state index is -1.09. The van der Waals surface area contributed by atoms with Crippen LogP contribution in [0.1, 0.15) is 42.7 Å². The van der Waals surface area contributed by atoms with Gasteiger partial charge in [-0.05, 0) is 53.4 Å². The van der Waals surface area contributed by atoms with Crippen molar-refractivity contribution in [2.75, 3.05) is 13.2 Å². The summed E-state index contributed by atoms with van der Waals surface area (Å²) in [5.74, 6) is -1.14. The summed E-state index contributed by atoms with van der Waals surface area (Å²) in [4.78, 5) is 36.2. The van der Waals surface area contributed by atoms with E-state index in [1.807, 2.05) is 24.3 Å². The molecule has 34 heavy (non-hydrogen) atoms. The summed E-state index contributed by atoms with van der Waals surface area (Å²) in [6.45, 7) is 4.08. The Balaban J connectivity index is 1.30. The highest BCUT2D eigenvalue weighted by atomic mass is 16.5. The molecule has 2 aromatic rings. The van der Waals surface area contributed by atoms with Gasteiger partial charge < -0.3 is 20.5 Å². The average molecular weight is 463 g/mol. The fourth-order valence-corrected chi connectivity index (χ4v) is 4.72. The van der Waals surface area contributed by atoms with Crippen LogP contribution < -0.4 is 10.6 Å². The fourth-order valence-electron chi connectivity index (χ4n) is 4.72. The Morgan fingerprint density at radius 1 is 1.06 bits per heavy atom. The summed E-state index contributed by atoms with van der Waals surface area (Å²) in [5.41, 5.74) is 4.64. The van der Waals surface area contributed by atoms with Crippen LogP contribution in [0.4, 0.5) is 4.79 Å². The molecule has 2 unspecified atom stereocenters. The molecule has 0 aromatic heterocycles. The van der Waals surface area contributed by atoms with Gasteiger partial charge in [-0.25, -0.2) is 9.59 Å². The van der Waals surface area contributed by atoms with Crippen molar-refractivity contribution in [1.29, 1.82) is 0 Å². The molecular formula is C27H30N2O5. The second-order valence-corrected chi connectivity index (χ2v) is 8.99. The number of fused-ring (bicyclic) bond motifs is 3. The third-order valence-corrected chi connectivity index (χ3v) is 6.62. The molecule has 2 aliphatic carbocycles. The van der Waals surface area contributed by atoms with E-state index in [-0.39, 0.29) is 37.2 Å². The van der Waals surface area contributed by atoms with Crippen molar-refractivity contribution in [1.82, 2.24) is 10.6 Å². The Bertz CT molecular complexity index is 1030. The van der Waals surface area contributed by atoms with E-state index in [0.29, 0.717) is 12.5 Å². The van der Waals surface area contributed by atoms with Crippen molar-refractivity contribution < 1.29 is 24.2 Å². The highest BCUT2D eigenvalue weighted by Crippen LogP contribution is 2.44. The number of nitrogens with one attached hydrogen (secondary N) is 2. The Hall–Kier alpha value is -3.61. The van der Waals surface area contributed by atoms with E-state index in [9.17, 15) is 19.5 Å². The highest BCUT2D eigenvalue weighted by Gasteiger charge is 2.34. The summed E-state index contributed by atoms with van der Waals surface area (Å²) >= 11 is 0. The lowest BCUT2D eigenvalue weighted by Gasteiger charge is -2.19. The van der Waals surface area contributed by atoms with Crippen LogP contribution in [0.3, 0.4) is 0 Å². The lowest BCUT2D eigenvalue weighted by atomic mass is 9.98. The number of hydrogen-bond donors (Lipinski definition) is 3. The van der Waals surface area contributed by atoms with E-state index < -0.39 is 18.1 Å². The third kappa shape index (κ3) is 5.47. The molecule has 0 bridgehead atoms. The van der Waals surface area contributed by atoms with E-state index in [2.05, 4.69) is 41.5 Å². The standard InChI is InChI=1S/C27H30N2O5/c1-2-7-24(26(31)32)29-25(30)14-18(17-12-13-17)15-28-27(33)34-16-23-21-10-5-3-8-19(21)20-9-4-6-11-22(20)23/h2-6,8-11,17-18,23-24H,1,7,12-16H2,(H,28,33)(H,29,30)(H,31,32). The van der Waals surface area contributed by atoms with Crippen LogP contribution in [-0.2, 0) is 14.3 Å². The zero-order valence-corrected chi connectivity index (χ0v) is 19.0. The summed E-state index contributed by atoms with van der Waals surface area (Å²) in [6, 6.07) is 15.3. The number of carbonyl (C=O) groups is 3. The van der Waals surface area contributed by atoms with Crippen molar-refractivity contribution in [3.63, 3.8) is 0 Å². The molecule has 7 nitrogen and oxygen atoms in total. The number of aliphatic carboxylic acids is 1. The van der Waals surface area contributed by atoms with Crippen molar-refractivity contribution >= 4 is 18.0 Å². The van der Waals surface area contributed by atoms with Crippen molar-refractivity contribution in [3.05, 3.63) is 72.3 Å². The Kier molecular flexibility index (Phi) is 7.30. The molecule has 2 atom stereocenters. The van der Waals surface area contributed by atoms with Crippen LogP contribution in [0.5, 0.6) is 0 Å². The molecule has 0 spiro atoms. The maximum atomic E-state index is 12.5. The second kappa shape index (κ2) is 10.5. The maximum absolute atomic E-state index is 12.5. The summed E-state index contributed by atoms with van der Waals surface area (Å²) in [7, 11) is 0. The first-order valence-electron chi connectivity index (χ1n) is 11.7. The van der Waals surface area contributed by atoms with Gasteiger partial charge in [0.1, 0.15) is 12.6 Å². The van der Waals surface area contributed by atoms with Gasteiger partial charge >= 0.3 is 12.1 Å². The Morgan fingerprint density at radius 3 is 2.24 bits per heavy atom. The van der Waals surface area contributed by atoms with E-state index in [1.165, 1.54) is 17.2 Å². The van der Waals surface area contributed by atoms with Gasteiger partial charge in [0.2, 0.25) is 5.91 Å². The maximum Gasteiger partial charge on any atom is 0.407 e. The zero-order chi connectivity index (χ0) is 24.1. The Labute approximate surface area is 199 Å². The number of carboxylic acids is 1. The van der Waals surface area contributed by atoms with Gasteiger partial charge in [-0.2, -0.15) is 0 Å². The molecular weight excluding hydrogens is 432 g/mol. The predicted molar refractivity (Wildman–Crippen MR) is 128 cm³/mol. The predicted octanol–water partition coefficient (Wildman–Crippen LogP) is 4.09.